The summed E-state index contributed by atoms with van der Waals surface area (Å²) in [5.74, 6) is 1.49. The predicted molar refractivity (Wildman–Crippen MR) is 84.7 cm³/mol. The van der Waals surface area contributed by atoms with Gasteiger partial charge >= 0.3 is 0 Å². The minimum Gasteiger partial charge on any atom is -0.323 e. The fraction of sp³-hybridized carbons (Fsp3) is 0.769. The minimum atomic E-state index is -3.10. The molecule has 1 heterocycles. The second-order valence-electron chi connectivity index (χ2n) is 5.29. The molecule has 0 radical (unpaired) electrons. The number of rotatable bonds is 8. The first-order valence-corrected chi connectivity index (χ1v) is 9.48. The van der Waals surface area contributed by atoms with Gasteiger partial charge in [-0.3, -0.25) is 0 Å². The van der Waals surface area contributed by atoms with Crippen LogP contribution in [-0.4, -0.2) is 36.5 Å². The maximum Gasteiger partial charge on any atom is 0.211 e. The van der Waals surface area contributed by atoms with Crippen LogP contribution in [0.1, 0.15) is 31.7 Å². The van der Waals surface area contributed by atoms with Crippen LogP contribution < -0.4 is 4.72 Å². The molecule has 0 spiro atoms. The van der Waals surface area contributed by atoms with Crippen LogP contribution >= 0.6 is 11.8 Å². The van der Waals surface area contributed by atoms with E-state index in [-0.39, 0.29) is 5.75 Å². The highest BCUT2D eigenvalue weighted by molar-refractivity contribution is 7.99. The van der Waals surface area contributed by atoms with Gasteiger partial charge in [-0.2, -0.15) is 0 Å². The Morgan fingerprint density at radius 1 is 1.35 bits per heavy atom. The van der Waals surface area contributed by atoms with Crippen molar-refractivity contribution < 1.29 is 8.42 Å². The first kappa shape index (κ1) is 17.5. The summed E-state index contributed by atoms with van der Waals surface area (Å²) in [5, 5.41) is 0.996. The Bertz CT molecular complexity index is 536. The van der Waals surface area contributed by atoms with Crippen molar-refractivity contribution >= 4 is 21.8 Å². The standard InChI is InChI=1S/C13H25N3O2S2/c1-10(2)9-16-12(4)11(3)15-13(16)19-7-6-8-20(17,18)14-5/h10,14H,6-9H2,1-5H3. The highest BCUT2D eigenvalue weighted by Gasteiger charge is 2.13. The summed E-state index contributed by atoms with van der Waals surface area (Å²) in [5.41, 5.74) is 2.25. The maximum absolute atomic E-state index is 11.3. The predicted octanol–water partition coefficient (Wildman–Crippen LogP) is 2.19. The van der Waals surface area contributed by atoms with Gasteiger partial charge in [0, 0.05) is 18.0 Å². The number of nitrogens with zero attached hydrogens (tertiary/aromatic N) is 2. The van der Waals surface area contributed by atoms with Gasteiger partial charge in [0.2, 0.25) is 10.0 Å². The molecule has 0 saturated carbocycles. The third kappa shape index (κ3) is 5.10. The van der Waals surface area contributed by atoms with Gasteiger partial charge in [0.1, 0.15) is 0 Å². The Hall–Kier alpha value is -0.530. The van der Waals surface area contributed by atoms with Crippen molar-refractivity contribution in [1.29, 1.82) is 0 Å². The lowest BCUT2D eigenvalue weighted by molar-refractivity contribution is 0.486. The molecule has 0 atom stereocenters. The van der Waals surface area contributed by atoms with E-state index in [0.29, 0.717) is 12.3 Å². The molecule has 0 aliphatic heterocycles. The quantitative estimate of drug-likeness (QED) is 0.589. The van der Waals surface area contributed by atoms with Crippen molar-refractivity contribution in [3.8, 4) is 0 Å². The average Bonchev–Trinajstić information content (AvgIpc) is 2.62. The molecule has 0 aromatic carbocycles. The van der Waals surface area contributed by atoms with Gasteiger partial charge in [0.05, 0.1) is 11.4 Å². The van der Waals surface area contributed by atoms with Crippen LogP contribution in [0.15, 0.2) is 5.16 Å². The molecule has 1 N–H and O–H groups in total. The van der Waals surface area contributed by atoms with Crippen molar-refractivity contribution in [3.05, 3.63) is 11.4 Å². The summed E-state index contributed by atoms with van der Waals surface area (Å²) < 4.78 is 27.2. The number of aromatic nitrogens is 2. The maximum atomic E-state index is 11.3. The van der Waals surface area contributed by atoms with Crippen LogP contribution in [-0.2, 0) is 16.6 Å². The monoisotopic (exact) mass is 319 g/mol. The van der Waals surface area contributed by atoms with Gasteiger partial charge in [-0.05, 0) is 33.2 Å². The van der Waals surface area contributed by atoms with Gasteiger partial charge in [-0.1, -0.05) is 25.6 Å². The van der Waals surface area contributed by atoms with Gasteiger partial charge in [0.25, 0.3) is 0 Å². The minimum absolute atomic E-state index is 0.166. The van der Waals surface area contributed by atoms with Crippen molar-refractivity contribution in [1.82, 2.24) is 14.3 Å². The molecular formula is C13H25N3O2S2. The van der Waals surface area contributed by atoms with E-state index in [1.54, 1.807) is 11.8 Å². The first-order chi connectivity index (χ1) is 9.26. The molecule has 1 aromatic rings. The van der Waals surface area contributed by atoms with E-state index in [9.17, 15) is 8.42 Å². The van der Waals surface area contributed by atoms with Crippen molar-refractivity contribution in [2.24, 2.45) is 5.92 Å². The van der Waals surface area contributed by atoms with E-state index in [0.717, 1.165) is 23.1 Å². The molecule has 0 aliphatic carbocycles. The third-order valence-corrected chi connectivity index (χ3v) is 5.58. The van der Waals surface area contributed by atoms with E-state index < -0.39 is 10.0 Å². The first-order valence-electron chi connectivity index (χ1n) is 6.84. The molecule has 0 bridgehead atoms. The molecule has 5 nitrogen and oxygen atoms in total. The fourth-order valence-electron chi connectivity index (χ4n) is 1.83. The highest BCUT2D eigenvalue weighted by atomic mass is 32.2. The number of hydrogen-bond acceptors (Lipinski definition) is 4. The zero-order chi connectivity index (χ0) is 15.3. The zero-order valence-corrected chi connectivity index (χ0v) is 14.6. The Kier molecular flexibility index (Phi) is 6.54. The van der Waals surface area contributed by atoms with E-state index in [1.807, 2.05) is 6.92 Å². The number of aryl methyl sites for hydroxylation is 1. The molecule has 0 saturated heterocycles. The summed E-state index contributed by atoms with van der Waals surface area (Å²) in [4.78, 5) is 4.58. The topological polar surface area (TPSA) is 64.0 Å². The lowest BCUT2D eigenvalue weighted by atomic mass is 10.2. The van der Waals surface area contributed by atoms with Crippen LogP contribution in [0, 0.1) is 19.8 Å². The summed E-state index contributed by atoms with van der Waals surface area (Å²) >= 11 is 1.63. The summed E-state index contributed by atoms with van der Waals surface area (Å²) in [6.07, 6.45) is 0.625. The van der Waals surface area contributed by atoms with Gasteiger partial charge in [-0.25, -0.2) is 18.1 Å². The van der Waals surface area contributed by atoms with Crippen LogP contribution in [0.5, 0.6) is 0 Å². The van der Waals surface area contributed by atoms with Crippen molar-refractivity contribution in [2.45, 2.75) is 45.8 Å². The summed E-state index contributed by atoms with van der Waals surface area (Å²) in [7, 11) is -1.65. The van der Waals surface area contributed by atoms with Gasteiger partial charge in [-0.15, -0.1) is 0 Å². The summed E-state index contributed by atoms with van der Waals surface area (Å²) in [6.45, 7) is 9.41. The van der Waals surface area contributed by atoms with Crippen LogP contribution in [0.25, 0.3) is 0 Å². The Morgan fingerprint density at radius 2 is 2.00 bits per heavy atom. The van der Waals surface area contributed by atoms with Crippen LogP contribution in [0.3, 0.4) is 0 Å². The smallest absolute Gasteiger partial charge is 0.211 e. The highest BCUT2D eigenvalue weighted by Crippen LogP contribution is 2.23. The second kappa shape index (κ2) is 7.47. The van der Waals surface area contributed by atoms with E-state index in [4.69, 9.17) is 0 Å². The number of hydrogen-bond donors (Lipinski definition) is 1. The molecule has 0 aliphatic rings. The molecule has 0 fully saturated rings. The third-order valence-electron chi connectivity index (χ3n) is 3.07. The number of nitrogens with one attached hydrogen (secondary N) is 1. The average molecular weight is 319 g/mol. The van der Waals surface area contributed by atoms with E-state index in [2.05, 4.69) is 35.0 Å². The molecule has 1 rings (SSSR count). The normalized spacial score (nSPS) is 12.3. The lowest BCUT2D eigenvalue weighted by Gasteiger charge is -2.12. The van der Waals surface area contributed by atoms with Crippen LogP contribution in [0.4, 0.5) is 0 Å². The molecule has 20 heavy (non-hydrogen) atoms. The van der Waals surface area contributed by atoms with Gasteiger partial charge < -0.3 is 4.57 Å². The Morgan fingerprint density at radius 3 is 2.55 bits per heavy atom. The van der Waals surface area contributed by atoms with Gasteiger partial charge in [0.15, 0.2) is 5.16 Å². The van der Waals surface area contributed by atoms with Crippen molar-refractivity contribution in [2.75, 3.05) is 18.6 Å². The number of sulfonamides is 1. The fourth-order valence-corrected chi connectivity index (χ4v) is 3.78. The number of imidazole rings is 1. The van der Waals surface area contributed by atoms with E-state index in [1.165, 1.54) is 12.7 Å². The van der Waals surface area contributed by atoms with Crippen LogP contribution in [0.2, 0.25) is 0 Å². The molecular weight excluding hydrogens is 294 g/mol. The molecule has 116 valence electrons. The summed E-state index contributed by atoms with van der Waals surface area (Å²) in [6, 6.07) is 0. The molecule has 0 amide bonds. The van der Waals surface area contributed by atoms with Crippen molar-refractivity contribution in [3.63, 3.8) is 0 Å². The largest absolute Gasteiger partial charge is 0.323 e. The van der Waals surface area contributed by atoms with E-state index >= 15 is 0 Å². The molecule has 0 unspecified atom stereocenters. The Balaban J connectivity index is 2.62. The molecule has 7 heteroatoms. The lowest BCUT2D eigenvalue weighted by Crippen LogP contribution is -2.22. The zero-order valence-electron chi connectivity index (χ0n) is 12.9. The molecule has 1 aromatic heterocycles. The number of thioether (sulfide) groups is 1. The second-order valence-corrected chi connectivity index (χ2v) is 8.40. The Labute approximate surface area is 126 Å². The SMILES string of the molecule is CNS(=O)(=O)CCCSc1nc(C)c(C)n1CC(C)C.